The molecule has 1 aromatic rings. The monoisotopic (exact) mass is 201 g/mol. The fourth-order valence-electron chi connectivity index (χ4n) is 1.20. The van der Waals surface area contributed by atoms with E-state index in [1.165, 1.54) is 0 Å². The number of nitrogens with zero attached hydrogens (tertiary/aromatic N) is 1. The van der Waals surface area contributed by atoms with Gasteiger partial charge in [-0.15, -0.1) is 0 Å². The van der Waals surface area contributed by atoms with Gasteiger partial charge in [0.05, 0.1) is 5.69 Å². The van der Waals surface area contributed by atoms with E-state index in [1.807, 2.05) is 26.0 Å². The Hall–Kier alpha value is -1.70. The predicted molar refractivity (Wildman–Crippen MR) is 64.1 cm³/mol. The molecule has 0 aliphatic rings. The summed E-state index contributed by atoms with van der Waals surface area (Å²) in [6.45, 7) is 9.14. The minimum Gasteiger partial charge on any atom is -0.295 e. The van der Waals surface area contributed by atoms with Crippen molar-refractivity contribution in [1.29, 1.82) is 0 Å². The molecule has 0 heterocycles. The van der Waals surface area contributed by atoms with E-state index in [-0.39, 0.29) is 5.78 Å². The number of ketones is 1. The van der Waals surface area contributed by atoms with E-state index >= 15 is 0 Å². The molecule has 2 heteroatoms. The second kappa shape index (κ2) is 4.69. The highest BCUT2D eigenvalue weighted by Gasteiger charge is 2.01. The molecule has 0 saturated heterocycles. The van der Waals surface area contributed by atoms with E-state index in [9.17, 15) is 4.79 Å². The van der Waals surface area contributed by atoms with Gasteiger partial charge in [0.2, 0.25) is 0 Å². The standard InChI is InChI=1S/C13H15NO/c1-9(2)8-14-13-6-5-12(11(4)15)7-10(13)3/h5-8H,1H2,2-4H3. The summed E-state index contributed by atoms with van der Waals surface area (Å²) < 4.78 is 0. The molecular formula is C13H15NO. The summed E-state index contributed by atoms with van der Waals surface area (Å²) in [5.41, 5.74) is 3.51. The van der Waals surface area contributed by atoms with Gasteiger partial charge in [-0.25, -0.2) is 0 Å². The molecular weight excluding hydrogens is 186 g/mol. The SMILES string of the molecule is C=C(C)C=Nc1ccc(C(C)=O)cc1C. The van der Waals surface area contributed by atoms with E-state index in [2.05, 4.69) is 11.6 Å². The predicted octanol–water partition coefficient (Wildman–Crippen LogP) is 3.48. The van der Waals surface area contributed by atoms with E-state index in [0.29, 0.717) is 0 Å². The Morgan fingerprint density at radius 2 is 2.07 bits per heavy atom. The number of carbonyl (C=O) groups is 1. The smallest absolute Gasteiger partial charge is 0.159 e. The Morgan fingerprint density at radius 1 is 1.40 bits per heavy atom. The van der Waals surface area contributed by atoms with Crippen LogP contribution in [0.25, 0.3) is 0 Å². The van der Waals surface area contributed by atoms with Gasteiger partial charge in [0.15, 0.2) is 5.78 Å². The largest absolute Gasteiger partial charge is 0.295 e. The highest BCUT2D eigenvalue weighted by Crippen LogP contribution is 2.19. The highest BCUT2D eigenvalue weighted by molar-refractivity contribution is 5.94. The van der Waals surface area contributed by atoms with Crippen molar-refractivity contribution in [3.63, 3.8) is 0 Å². The third kappa shape index (κ3) is 3.17. The van der Waals surface area contributed by atoms with Crippen molar-refractivity contribution >= 4 is 17.7 Å². The lowest BCUT2D eigenvalue weighted by atomic mass is 10.1. The minimum absolute atomic E-state index is 0.0773. The Morgan fingerprint density at radius 3 is 2.53 bits per heavy atom. The normalized spacial score (nSPS) is 10.6. The van der Waals surface area contributed by atoms with E-state index < -0.39 is 0 Å². The number of carbonyl (C=O) groups excluding carboxylic acids is 1. The minimum atomic E-state index is 0.0773. The fourth-order valence-corrected chi connectivity index (χ4v) is 1.20. The zero-order valence-electron chi connectivity index (χ0n) is 9.37. The average molecular weight is 201 g/mol. The van der Waals surface area contributed by atoms with Gasteiger partial charge in [-0.05, 0) is 50.1 Å². The van der Waals surface area contributed by atoms with E-state index in [0.717, 1.165) is 22.4 Å². The summed E-state index contributed by atoms with van der Waals surface area (Å²) in [6, 6.07) is 5.50. The van der Waals surface area contributed by atoms with E-state index in [4.69, 9.17) is 0 Å². The number of hydrogen-bond donors (Lipinski definition) is 0. The first kappa shape index (κ1) is 11.4. The molecule has 0 unspecified atom stereocenters. The summed E-state index contributed by atoms with van der Waals surface area (Å²) in [5.74, 6) is 0.0773. The van der Waals surface area contributed by atoms with Crippen LogP contribution in [0.1, 0.15) is 29.8 Å². The van der Waals surface area contributed by atoms with Gasteiger partial charge in [0, 0.05) is 11.8 Å². The average Bonchev–Trinajstić information content (AvgIpc) is 2.15. The van der Waals surface area contributed by atoms with Crippen LogP contribution in [0.15, 0.2) is 35.3 Å². The second-order valence-electron chi connectivity index (χ2n) is 3.66. The molecule has 0 spiro atoms. The Bertz CT molecular complexity index is 430. The van der Waals surface area contributed by atoms with Crippen molar-refractivity contribution in [1.82, 2.24) is 0 Å². The van der Waals surface area contributed by atoms with Crippen LogP contribution in [0.2, 0.25) is 0 Å². The van der Waals surface area contributed by atoms with Gasteiger partial charge in [-0.1, -0.05) is 6.58 Å². The molecule has 1 aromatic carbocycles. The summed E-state index contributed by atoms with van der Waals surface area (Å²) in [4.78, 5) is 15.4. The first-order chi connectivity index (χ1) is 7.00. The van der Waals surface area contributed by atoms with Crippen LogP contribution in [0.5, 0.6) is 0 Å². The van der Waals surface area contributed by atoms with Crippen LogP contribution >= 0.6 is 0 Å². The van der Waals surface area contributed by atoms with Gasteiger partial charge in [-0.2, -0.15) is 0 Å². The van der Waals surface area contributed by atoms with Crippen molar-refractivity contribution in [2.24, 2.45) is 4.99 Å². The Kier molecular flexibility index (Phi) is 3.56. The Labute approximate surface area is 90.4 Å². The zero-order chi connectivity index (χ0) is 11.4. The van der Waals surface area contributed by atoms with Crippen molar-refractivity contribution in [2.45, 2.75) is 20.8 Å². The van der Waals surface area contributed by atoms with Crippen molar-refractivity contribution < 1.29 is 4.79 Å². The van der Waals surface area contributed by atoms with Crippen molar-refractivity contribution in [3.8, 4) is 0 Å². The maximum Gasteiger partial charge on any atom is 0.159 e. The lowest BCUT2D eigenvalue weighted by molar-refractivity contribution is 0.101. The lowest BCUT2D eigenvalue weighted by Crippen LogP contribution is -1.92. The van der Waals surface area contributed by atoms with Crippen molar-refractivity contribution in [2.75, 3.05) is 0 Å². The zero-order valence-corrected chi connectivity index (χ0v) is 9.37. The topological polar surface area (TPSA) is 29.4 Å². The molecule has 0 fully saturated rings. The molecule has 0 saturated carbocycles. The van der Waals surface area contributed by atoms with Gasteiger partial charge in [0.25, 0.3) is 0 Å². The van der Waals surface area contributed by atoms with Gasteiger partial charge < -0.3 is 0 Å². The molecule has 1 rings (SSSR count). The number of benzene rings is 1. The van der Waals surface area contributed by atoms with Crippen LogP contribution < -0.4 is 0 Å². The molecule has 15 heavy (non-hydrogen) atoms. The molecule has 0 N–H and O–H groups in total. The maximum atomic E-state index is 11.1. The lowest BCUT2D eigenvalue weighted by Gasteiger charge is -2.02. The summed E-state index contributed by atoms with van der Waals surface area (Å²) in [5, 5.41) is 0. The van der Waals surface area contributed by atoms with Crippen LogP contribution in [-0.2, 0) is 0 Å². The van der Waals surface area contributed by atoms with Crippen LogP contribution in [0, 0.1) is 6.92 Å². The van der Waals surface area contributed by atoms with Gasteiger partial charge >= 0.3 is 0 Å². The number of allylic oxidation sites excluding steroid dienone is 1. The molecule has 0 atom stereocenters. The quantitative estimate of drug-likeness (QED) is 0.543. The third-order valence-corrected chi connectivity index (χ3v) is 2.03. The summed E-state index contributed by atoms with van der Waals surface area (Å²) in [6.07, 6.45) is 1.72. The highest BCUT2D eigenvalue weighted by atomic mass is 16.1. The molecule has 0 aliphatic heterocycles. The molecule has 0 amide bonds. The maximum absolute atomic E-state index is 11.1. The first-order valence-corrected chi connectivity index (χ1v) is 4.82. The number of aliphatic imine (C=N–C) groups is 1. The number of hydrogen-bond acceptors (Lipinski definition) is 2. The Balaban J connectivity index is 3.03. The molecule has 2 nitrogen and oxygen atoms in total. The third-order valence-electron chi connectivity index (χ3n) is 2.03. The van der Waals surface area contributed by atoms with Crippen molar-refractivity contribution in [3.05, 3.63) is 41.5 Å². The molecule has 78 valence electrons. The van der Waals surface area contributed by atoms with Gasteiger partial charge in [-0.3, -0.25) is 9.79 Å². The fraction of sp³-hybridized carbons (Fsp3) is 0.231. The second-order valence-corrected chi connectivity index (χ2v) is 3.66. The number of rotatable bonds is 3. The van der Waals surface area contributed by atoms with Crippen LogP contribution in [-0.4, -0.2) is 12.0 Å². The van der Waals surface area contributed by atoms with Gasteiger partial charge in [0.1, 0.15) is 0 Å². The van der Waals surface area contributed by atoms with Crippen LogP contribution in [0.4, 0.5) is 5.69 Å². The first-order valence-electron chi connectivity index (χ1n) is 4.82. The van der Waals surface area contributed by atoms with E-state index in [1.54, 1.807) is 19.2 Å². The number of aryl methyl sites for hydroxylation is 1. The van der Waals surface area contributed by atoms with Crippen LogP contribution in [0.3, 0.4) is 0 Å². The molecule has 0 radical (unpaired) electrons. The number of Topliss-reactive ketones (excluding diaryl/α,β-unsaturated/α-hetero) is 1. The summed E-state index contributed by atoms with van der Waals surface area (Å²) in [7, 11) is 0. The molecule has 0 bridgehead atoms. The summed E-state index contributed by atoms with van der Waals surface area (Å²) >= 11 is 0. The molecule has 0 aliphatic carbocycles. The molecule has 0 aromatic heterocycles.